The average Bonchev–Trinajstić information content (AvgIpc) is 2.59. The maximum absolute atomic E-state index is 13.8. The number of nitrogens with zero attached hydrogens (tertiary/aromatic N) is 1. The standard InChI is InChI=1S/C18H16ClF2NO2/c19-15-2-1-3-16(21)14(15)10-18(23)22-8-9-24-17(11-22)12-4-6-13(20)7-5-12/h1-7,17H,8-11H2/t17-/m1/s1. The highest BCUT2D eigenvalue weighted by atomic mass is 35.5. The zero-order valence-corrected chi connectivity index (χ0v) is 13.6. The summed E-state index contributed by atoms with van der Waals surface area (Å²) in [7, 11) is 0. The molecule has 2 aromatic rings. The molecular formula is C18H16ClF2NO2. The largest absolute Gasteiger partial charge is 0.370 e. The van der Waals surface area contributed by atoms with E-state index in [1.807, 2.05) is 0 Å². The number of rotatable bonds is 3. The lowest BCUT2D eigenvalue weighted by atomic mass is 10.1. The Bertz CT molecular complexity index is 716. The first kappa shape index (κ1) is 16.9. The molecule has 3 nitrogen and oxygen atoms in total. The molecule has 24 heavy (non-hydrogen) atoms. The van der Waals surface area contributed by atoms with Gasteiger partial charge in [0.2, 0.25) is 5.91 Å². The van der Waals surface area contributed by atoms with Gasteiger partial charge in [-0.1, -0.05) is 29.8 Å². The van der Waals surface area contributed by atoms with Crippen LogP contribution in [0.4, 0.5) is 8.78 Å². The Labute approximate surface area is 143 Å². The Hall–Kier alpha value is -1.98. The molecule has 0 radical (unpaired) electrons. The highest BCUT2D eigenvalue weighted by molar-refractivity contribution is 6.31. The SMILES string of the molecule is O=C(Cc1c(F)cccc1Cl)N1CCO[C@@H](c2ccc(F)cc2)C1. The van der Waals surface area contributed by atoms with Crippen LogP contribution in [-0.4, -0.2) is 30.5 Å². The molecule has 1 heterocycles. The zero-order valence-electron chi connectivity index (χ0n) is 12.8. The van der Waals surface area contributed by atoms with Crippen LogP contribution in [0.5, 0.6) is 0 Å². The Morgan fingerprint density at radius 3 is 2.67 bits per heavy atom. The zero-order chi connectivity index (χ0) is 17.1. The lowest BCUT2D eigenvalue weighted by molar-refractivity contribution is -0.138. The van der Waals surface area contributed by atoms with Gasteiger partial charge >= 0.3 is 0 Å². The van der Waals surface area contributed by atoms with Gasteiger partial charge < -0.3 is 9.64 Å². The molecule has 0 spiro atoms. The first-order valence-electron chi connectivity index (χ1n) is 7.62. The molecule has 0 bridgehead atoms. The van der Waals surface area contributed by atoms with E-state index in [1.165, 1.54) is 24.3 Å². The van der Waals surface area contributed by atoms with Crippen LogP contribution < -0.4 is 0 Å². The third-order valence-electron chi connectivity index (χ3n) is 4.05. The number of halogens is 3. The van der Waals surface area contributed by atoms with Crippen LogP contribution in [0, 0.1) is 11.6 Å². The van der Waals surface area contributed by atoms with Crippen molar-refractivity contribution in [1.29, 1.82) is 0 Å². The van der Waals surface area contributed by atoms with Gasteiger partial charge in [0, 0.05) is 17.1 Å². The van der Waals surface area contributed by atoms with Crippen LogP contribution in [0.2, 0.25) is 5.02 Å². The number of hydrogen-bond acceptors (Lipinski definition) is 2. The van der Waals surface area contributed by atoms with Crippen LogP contribution in [0.1, 0.15) is 17.2 Å². The quantitative estimate of drug-likeness (QED) is 0.842. The van der Waals surface area contributed by atoms with E-state index in [-0.39, 0.29) is 34.8 Å². The summed E-state index contributed by atoms with van der Waals surface area (Å²) in [6, 6.07) is 10.4. The number of carbonyl (C=O) groups is 1. The highest BCUT2D eigenvalue weighted by Gasteiger charge is 2.26. The van der Waals surface area contributed by atoms with Crippen LogP contribution in [0.3, 0.4) is 0 Å². The second-order valence-corrected chi connectivity index (χ2v) is 6.03. The van der Waals surface area contributed by atoms with E-state index in [9.17, 15) is 13.6 Å². The van der Waals surface area contributed by atoms with E-state index in [0.717, 1.165) is 5.56 Å². The Kier molecular flexibility index (Phi) is 5.11. The van der Waals surface area contributed by atoms with Gasteiger partial charge in [-0.3, -0.25) is 4.79 Å². The first-order valence-corrected chi connectivity index (χ1v) is 8.00. The smallest absolute Gasteiger partial charge is 0.227 e. The first-order chi connectivity index (χ1) is 11.5. The highest BCUT2D eigenvalue weighted by Crippen LogP contribution is 2.24. The molecule has 0 N–H and O–H groups in total. The van der Waals surface area contributed by atoms with Crippen molar-refractivity contribution in [3.63, 3.8) is 0 Å². The molecule has 1 saturated heterocycles. The summed E-state index contributed by atoms with van der Waals surface area (Å²) < 4.78 is 32.5. The topological polar surface area (TPSA) is 29.5 Å². The molecule has 0 unspecified atom stereocenters. The van der Waals surface area contributed by atoms with Gasteiger partial charge in [-0.05, 0) is 29.8 Å². The molecule has 1 aliphatic rings. The number of morpholine rings is 1. The van der Waals surface area contributed by atoms with E-state index < -0.39 is 5.82 Å². The van der Waals surface area contributed by atoms with Gasteiger partial charge in [-0.25, -0.2) is 8.78 Å². The minimum Gasteiger partial charge on any atom is -0.370 e. The lowest BCUT2D eigenvalue weighted by Gasteiger charge is -2.33. The van der Waals surface area contributed by atoms with Gasteiger partial charge in [0.05, 0.1) is 19.6 Å². The molecule has 1 fully saturated rings. The van der Waals surface area contributed by atoms with Crippen molar-refractivity contribution in [3.05, 3.63) is 70.2 Å². The van der Waals surface area contributed by atoms with Crippen LogP contribution in [0.25, 0.3) is 0 Å². The second-order valence-electron chi connectivity index (χ2n) is 5.63. The lowest BCUT2D eigenvalue weighted by Crippen LogP contribution is -2.43. The third kappa shape index (κ3) is 3.74. The second kappa shape index (κ2) is 7.28. The minimum atomic E-state index is -0.487. The summed E-state index contributed by atoms with van der Waals surface area (Å²) in [5, 5.41) is 0.242. The summed E-state index contributed by atoms with van der Waals surface area (Å²) in [4.78, 5) is 14.1. The third-order valence-corrected chi connectivity index (χ3v) is 4.40. The Balaban J connectivity index is 1.70. The van der Waals surface area contributed by atoms with E-state index in [2.05, 4.69) is 0 Å². The number of carbonyl (C=O) groups excluding carboxylic acids is 1. The van der Waals surface area contributed by atoms with Gasteiger partial charge in [0.15, 0.2) is 0 Å². The molecule has 126 valence electrons. The van der Waals surface area contributed by atoms with Crippen molar-refractivity contribution in [3.8, 4) is 0 Å². The number of hydrogen-bond donors (Lipinski definition) is 0. The molecule has 1 aliphatic heterocycles. The van der Waals surface area contributed by atoms with E-state index >= 15 is 0 Å². The molecule has 3 rings (SSSR count). The van der Waals surface area contributed by atoms with Gasteiger partial charge in [0.25, 0.3) is 0 Å². The Morgan fingerprint density at radius 1 is 1.21 bits per heavy atom. The van der Waals surface area contributed by atoms with E-state index in [1.54, 1.807) is 23.1 Å². The number of ether oxygens (including phenoxy) is 1. The molecule has 1 amide bonds. The van der Waals surface area contributed by atoms with Gasteiger partial charge in [0.1, 0.15) is 17.7 Å². The predicted octanol–water partition coefficient (Wildman–Crippen LogP) is 3.76. The molecular weight excluding hydrogens is 336 g/mol. The average molecular weight is 352 g/mol. The van der Waals surface area contributed by atoms with Crippen LogP contribution in [-0.2, 0) is 16.0 Å². The summed E-state index contributed by atoms with van der Waals surface area (Å²) in [6.07, 6.45) is -0.416. The van der Waals surface area contributed by atoms with Gasteiger partial charge in [-0.2, -0.15) is 0 Å². The molecule has 0 aliphatic carbocycles. The molecule has 1 atom stereocenters. The molecule has 0 aromatic heterocycles. The van der Waals surface area contributed by atoms with Crippen molar-refractivity contribution < 1.29 is 18.3 Å². The van der Waals surface area contributed by atoms with Crippen LogP contribution >= 0.6 is 11.6 Å². The maximum Gasteiger partial charge on any atom is 0.227 e. The van der Waals surface area contributed by atoms with E-state index in [4.69, 9.17) is 16.3 Å². The van der Waals surface area contributed by atoms with Crippen molar-refractivity contribution in [1.82, 2.24) is 4.90 Å². The molecule has 0 saturated carbocycles. The van der Waals surface area contributed by atoms with Gasteiger partial charge in [-0.15, -0.1) is 0 Å². The van der Waals surface area contributed by atoms with Crippen molar-refractivity contribution >= 4 is 17.5 Å². The number of benzene rings is 2. The summed E-state index contributed by atoms with van der Waals surface area (Å²) in [5.74, 6) is -1.02. The fourth-order valence-electron chi connectivity index (χ4n) is 2.72. The minimum absolute atomic E-state index is 0.0956. The molecule has 2 aromatic carbocycles. The summed E-state index contributed by atoms with van der Waals surface area (Å²) >= 11 is 5.98. The number of amides is 1. The predicted molar refractivity (Wildman–Crippen MR) is 86.8 cm³/mol. The fraction of sp³-hybridized carbons (Fsp3) is 0.278. The van der Waals surface area contributed by atoms with Crippen molar-refractivity contribution in [2.75, 3.05) is 19.7 Å². The summed E-state index contributed by atoms with van der Waals surface area (Å²) in [5.41, 5.74) is 1.01. The van der Waals surface area contributed by atoms with Crippen LogP contribution in [0.15, 0.2) is 42.5 Å². The normalized spacial score (nSPS) is 17.8. The fourth-order valence-corrected chi connectivity index (χ4v) is 2.95. The van der Waals surface area contributed by atoms with E-state index in [0.29, 0.717) is 19.7 Å². The maximum atomic E-state index is 13.8. The Morgan fingerprint density at radius 2 is 1.96 bits per heavy atom. The van der Waals surface area contributed by atoms with Crippen molar-refractivity contribution in [2.24, 2.45) is 0 Å². The molecule has 6 heteroatoms. The monoisotopic (exact) mass is 351 g/mol. The van der Waals surface area contributed by atoms with Crippen molar-refractivity contribution in [2.45, 2.75) is 12.5 Å². The summed E-state index contributed by atoms with van der Waals surface area (Å²) in [6.45, 7) is 1.15.